The van der Waals surface area contributed by atoms with Crippen molar-refractivity contribution >= 4 is 5.69 Å². The van der Waals surface area contributed by atoms with Gasteiger partial charge in [-0.15, -0.1) is 0 Å². The van der Waals surface area contributed by atoms with Crippen LogP contribution >= 0.6 is 0 Å². The molecule has 0 amide bonds. The third-order valence-electron chi connectivity index (χ3n) is 3.99. The molecule has 0 aromatic carbocycles. The van der Waals surface area contributed by atoms with Crippen LogP contribution in [0.5, 0.6) is 0 Å². The monoisotopic (exact) mass is 262 g/mol. The average Bonchev–Trinajstić information content (AvgIpc) is 2.40. The van der Waals surface area contributed by atoms with E-state index in [0.717, 1.165) is 18.8 Å². The number of anilines is 1. The quantitative estimate of drug-likeness (QED) is 0.894. The lowest BCUT2D eigenvalue weighted by atomic mass is 10.0. The highest BCUT2D eigenvalue weighted by molar-refractivity contribution is 5.54. The van der Waals surface area contributed by atoms with Gasteiger partial charge in [-0.3, -0.25) is 4.98 Å². The van der Waals surface area contributed by atoms with Gasteiger partial charge in [-0.2, -0.15) is 0 Å². The van der Waals surface area contributed by atoms with Gasteiger partial charge in [-0.05, 0) is 46.5 Å². The van der Waals surface area contributed by atoms with E-state index in [-0.39, 0.29) is 0 Å². The van der Waals surface area contributed by atoms with Gasteiger partial charge in [0.15, 0.2) is 0 Å². The van der Waals surface area contributed by atoms with Crippen LogP contribution in [0.2, 0.25) is 0 Å². The summed E-state index contributed by atoms with van der Waals surface area (Å²) in [6, 6.07) is 2.82. The Labute approximate surface area is 116 Å². The Morgan fingerprint density at radius 1 is 1.53 bits per heavy atom. The van der Waals surface area contributed by atoms with Gasteiger partial charge in [0.05, 0.1) is 0 Å². The molecule has 4 nitrogen and oxygen atoms in total. The molecule has 1 N–H and O–H groups in total. The Morgan fingerprint density at radius 2 is 2.32 bits per heavy atom. The fourth-order valence-corrected chi connectivity index (χ4v) is 2.88. The molecule has 0 radical (unpaired) electrons. The lowest BCUT2D eigenvalue weighted by molar-refractivity contribution is 0.248. The zero-order valence-corrected chi connectivity index (χ0v) is 12.6. The van der Waals surface area contributed by atoms with E-state index in [1.165, 1.54) is 30.6 Å². The van der Waals surface area contributed by atoms with Crippen LogP contribution in [0.15, 0.2) is 12.3 Å². The van der Waals surface area contributed by atoms with Crippen molar-refractivity contribution in [3.05, 3.63) is 23.5 Å². The number of aromatic nitrogens is 1. The van der Waals surface area contributed by atoms with Crippen molar-refractivity contribution < 1.29 is 0 Å². The minimum atomic E-state index is 0.608. The summed E-state index contributed by atoms with van der Waals surface area (Å²) in [5.41, 5.74) is 3.69. The third kappa shape index (κ3) is 3.45. The summed E-state index contributed by atoms with van der Waals surface area (Å²) in [6.07, 6.45) is 4.57. The molecule has 4 heteroatoms. The maximum Gasteiger partial charge on any atom is 0.0445 e. The second-order valence-electron chi connectivity index (χ2n) is 5.65. The lowest BCUT2D eigenvalue weighted by Gasteiger charge is -2.38. The van der Waals surface area contributed by atoms with Gasteiger partial charge in [0.1, 0.15) is 0 Å². The minimum absolute atomic E-state index is 0.608. The highest BCUT2D eigenvalue weighted by Crippen LogP contribution is 2.25. The van der Waals surface area contributed by atoms with Crippen LogP contribution in [0, 0.1) is 6.92 Å². The molecule has 1 aliphatic rings. The highest BCUT2D eigenvalue weighted by atomic mass is 15.2. The molecule has 1 saturated heterocycles. The maximum atomic E-state index is 4.42. The molecule has 1 aromatic heterocycles. The van der Waals surface area contributed by atoms with Gasteiger partial charge in [0, 0.05) is 49.3 Å². The predicted octanol–water partition coefficient (Wildman–Crippen LogP) is 1.64. The number of hydrogen-bond donors (Lipinski definition) is 1. The predicted molar refractivity (Wildman–Crippen MR) is 80.7 cm³/mol. The molecule has 106 valence electrons. The van der Waals surface area contributed by atoms with Gasteiger partial charge >= 0.3 is 0 Å². The summed E-state index contributed by atoms with van der Waals surface area (Å²) in [5.74, 6) is 0. The Bertz CT molecular complexity index is 419. The van der Waals surface area contributed by atoms with Crippen LogP contribution in [0.25, 0.3) is 0 Å². The van der Waals surface area contributed by atoms with Crippen molar-refractivity contribution in [2.45, 2.75) is 32.4 Å². The van der Waals surface area contributed by atoms with E-state index < -0.39 is 0 Å². The molecule has 0 bridgehead atoms. The van der Waals surface area contributed by atoms with Gasteiger partial charge in [-0.25, -0.2) is 0 Å². The van der Waals surface area contributed by atoms with Crippen LogP contribution < -0.4 is 10.2 Å². The highest BCUT2D eigenvalue weighted by Gasteiger charge is 2.22. The second-order valence-corrected chi connectivity index (χ2v) is 5.65. The molecule has 0 spiro atoms. The third-order valence-corrected chi connectivity index (χ3v) is 3.99. The van der Waals surface area contributed by atoms with Crippen molar-refractivity contribution in [3.8, 4) is 0 Å². The Kier molecular flexibility index (Phi) is 4.77. The number of hydrogen-bond acceptors (Lipinski definition) is 4. The van der Waals surface area contributed by atoms with Crippen LogP contribution in [0.4, 0.5) is 5.69 Å². The van der Waals surface area contributed by atoms with Gasteiger partial charge in [-0.1, -0.05) is 0 Å². The van der Waals surface area contributed by atoms with E-state index in [2.05, 4.69) is 47.2 Å². The van der Waals surface area contributed by atoms with Crippen molar-refractivity contribution in [1.82, 2.24) is 15.2 Å². The number of piperidine rings is 1. The first kappa shape index (κ1) is 14.3. The molecule has 1 aromatic rings. The van der Waals surface area contributed by atoms with E-state index >= 15 is 0 Å². The molecule has 1 atom stereocenters. The van der Waals surface area contributed by atoms with Crippen LogP contribution in [-0.2, 0) is 6.54 Å². The van der Waals surface area contributed by atoms with E-state index in [0.29, 0.717) is 6.04 Å². The second kappa shape index (κ2) is 6.35. The van der Waals surface area contributed by atoms with Gasteiger partial charge in [0.2, 0.25) is 0 Å². The first-order valence-corrected chi connectivity index (χ1v) is 7.13. The molecule has 1 fully saturated rings. The average molecular weight is 262 g/mol. The molecule has 19 heavy (non-hydrogen) atoms. The Morgan fingerprint density at radius 3 is 3.00 bits per heavy atom. The van der Waals surface area contributed by atoms with Gasteiger partial charge in [0.25, 0.3) is 0 Å². The van der Waals surface area contributed by atoms with Crippen molar-refractivity contribution in [2.24, 2.45) is 0 Å². The number of nitrogens with one attached hydrogen (secondary N) is 1. The fraction of sp³-hybridized carbons (Fsp3) is 0.667. The van der Waals surface area contributed by atoms with Crippen molar-refractivity contribution in [1.29, 1.82) is 0 Å². The fourth-order valence-electron chi connectivity index (χ4n) is 2.88. The summed E-state index contributed by atoms with van der Waals surface area (Å²) in [6.45, 7) is 5.31. The summed E-state index contributed by atoms with van der Waals surface area (Å²) < 4.78 is 0. The number of nitrogens with zero attached hydrogens (tertiary/aromatic N) is 3. The zero-order valence-electron chi connectivity index (χ0n) is 12.6. The van der Waals surface area contributed by atoms with Crippen LogP contribution in [0.1, 0.15) is 24.1 Å². The number of rotatable bonds is 4. The zero-order chi connectivity index (χ0) is 13.8. The normalized spacial score (nSPS) is 20.5. The molecule has 2 rings (SSSR count). The summed E-state index contributed by atoms with van der Waals surface area (Å²) in [7, 11) is 6.42. The largest absolute Gasteiger partial charge is 0.370 e. The van der Waals surface area contributed by atoms with Crippen LogP contribution in [0.3, 0.4) is 0 Å². The topological polar surface area (TPSA) is 31.4 Å². The minimum Gasteiger partial charge on any atom is -0.370 e. The van der Waals surface area contributed by atoms with Crippen molar-refractivity contribution in [2.75, 3.05) is 39.1 Å². The molecule has 0 aliphatic carbocycles. The first-order chi connectivity index (χ1) is 9.11. The number of pyridine rings is 1. The number of aryl methyl sites for hydroxylation is 1. The Hall–Kier alpha value is -1.13. The van der Waals surface area contributed by atoms with E-state index in [4.69, 9.17) is 0 Å². The SMILES string of the molecule is CNCc1cnc(C)cc1N(C)C1CCCN(C)C1. The van der Waals surface area contributed by atoms with Crippen molar-refractivity contribution in [3.63, 3.8) is 0 Å². The van der Waals surface area contributed by atoms with Gasteiger partial charge < -0.3 is 15.1 Å². The Balaban J connectivity index is 2.21. The standard InChI is InChI=1S/C15H26N4/c1-12-8-15(13(9-16-2)10-17-12)19(4)14-6-5-7-18(3)11-14/h8,10,14,16H,5-7,9,11H2,1-4H3. The summed E-state index contributed by atoms with van der Waals surface area (Å²) in [5, 5.41) is 3.23. The molecule has 0 saturated carbocycles. The molecular formula is C15H26N4. The molecule has 1 aliphatic heterocycles. The number of likely N-dealkylation sites (N-methyl/N-ethyl adjacent to an activating group) is 2. The molecule has 1 unspecified atom stereocenters. The van der Waals surface area contributed by atoms with E-state index in [1.807, 2.05) is 13.2 Å². The smallest absolute Gasteiger partial charge is 0.0445 e. The maximum absolute atomic E-state index is 4.42. The lowest BCUT2D eigenvalue weighted by Crippen LogP contribution is -2.45. The van der Waals surface area contributed by atoms with E-state index in [1.54, 1.807) is 0 Å². The summed E-state index contributed by atoms with van der Waals surface area (Å²) in [4.78, 5) is 9.29. The summed E-state index contributed by atoms with van der Waals surface area (Å²) >= 11 is 0. The van der Waals surface area contributed by atoms with E-state index in [9.17, 15) is 0 Å². The van der Waals surface area contributed by atoms with Crippen LogP contribution in [-0.4, -0.2) is 50.2 Å². The number of likely N-dealkylation sites (tertiary alicyclic amines) is 1. The molecule has 2 heterocycles. The first-order valence-electron chi connectivity index (χ1n) is 7.13. The molecular weight excluding hydrogens is 236 g/mol.